The van der Waals surface area contributed by atoms with Crippen LogP contribution in [0.2, 0.25) is 0 Å². The normalized spacial score (nSPS) is 17.1. The van der Waals surface area contributed by atoms with E-state index in [1.54, 1.807) is 39.0 Å². The predicted molar refractivity (Wildman–Crippen MR) is 122 cm³/mol. The van der Waals surface area contributed by atoms with E-state index in [0.29, 0.717) is 23.4 Å². The van der Waals surface area contributed by atoms with Crippen LogP contribution in [0.15, 0.2) is 42.5 Å². The van der Waals surface area contributed by atoms with E-state index in [0.717, 1.165) is 6.07 Å². The van der Waals surface area contributed by atoms with Gasteiger partial charge in [0.15, 0.2) is 0 Å². The third kappa shape index (κ3) is 6.55. The molecule has 3 N–H and O–H groups in total. The fourth-order valence-corrected chi connectivity index (χ4v) is 3.64. The maximum Gasteiger partial charge on any atom is 0.418 e. The summed E-state index contributed by atoms with van der Waals surface area (Å²) in [7, 11) is 0. The number of amides is 3. The Morgan fingerprint density at radius 3 is 2.38 bits per heavy atom. The molecule has 0 spiro atoms. The lowest BCUT2D eigenvalue weighted by Crippen LogP contribution is -2.42. The summed E-state index contributed by atoms with van der Waals surface area (Å²) in [6.45, 7) is 8.91. The number of benzene rings is 2. The smallest absolute Gasteiger partial charge is 0.418 e. The molecule has 3 amide bonds. The van der Waals surface area contributed by atoms with E-state index >= 15 is 0 Å². The van der Waals surface area contributed by atoms with E-state index in [1.165, 1.54) is 18.2 Å². The Morgan fingerprint density at radius 2 is 1.74 bits per heavy atom. The first kappa shape index (κ1) is 25.2. The van der Waals surface area contributed by atoms with Crippen molar-refractivity contribution in [3.8, 4) is 5.75 Å². The number of hydrogen-bond donors (Lipinski definition) is 3. The molecule has 0 saturated heterocycles. The average Bonchev–Trinajstić information content (AvgIpc) is 2.65. The van der Waals surface area contributed by atoms with E-state index in [1.807, 2.05) is 13.8 Å². The van der Waals surface area contributed by atoms with Gasteiger partial charge in [-0.15, -0.1) is 0 Å². The molecule has 2 aromatic rings. The first-order chi connectivity index (χ1) is 15.6. The lowest BCUT2D eigenvalue weighted by atomic mass is 9.89. The van der Waals surface area contributed by atoms with Gasteiger partial charge in [0.1, 0.15) is 17.0 Å². The van der Waals surface area contributed by atoms with Crippen molar-refractivity contribution in [3.05, 3.63) is 53.6 Å². The monoisotopic (exact) mass is 479 g/mol. The molecule has 1 atom stereocenters. The molecule has 184 valence electrons. The molecular weight excluding hydrogens is 451 g/mol. The number of fused-ring (bicyclic) bond motifs is 1. The minimum atomic E-state index is -4.61. The van der Waals surface area contributed by atoms with Gasteiger partial charge in [0, 0.05) is 17.7 Å². The highest BCUT2D eigenvalue weighted by Gasteiger charge is 2.36. The molecule has 3 rings (SSSR count). The van der Waals surface area contributed by atoms with Crippen LogP contribution in [-0.4, -0.2) is 23.3 Å². The van der Waals surface area contributed by atoms with Crippen LogP contribution in [0, 0.1) is 0 Å². The number of carbonyl (C=O) groups is 2. The van der Waals surface area contributed by atoms with E-state index in [9.17, 15) is 22.8 Å². The fourth-order valence-electron chi connectivity index (χ4n) is 3.64. The maximum atomic E-state index is 13.3. The topological polar surface area (TPSA) is 88.7 Å². The largest absolute Gasteiger partial charge is 0.487 e. The summed E-state index contributed by atoms with van der Waals surface area (Å²) in [4.78, 5) is 24.8. The summed E-state index contributed by atoms with van der Waals surface area (Å²) < 4.78 is 51.1. The number of urea groups is 1. The van der Waals surface area contributed by atoms with Gasteiger partial charge in [0.2, 0.25) is 0 Å². The van der Waals surface area contributed by atoms with Gasteiger partial charge >= 0.3 is 18.3 Å². The van der Waals surface area contributed by atoms with Crippen LogP contribution in [0.25, 0.3) is 0 Å². The second-order valence-electron chi connectivity index (χ2n) is 9.64. The van der Waals surface area contributed by atoms with Crippen molar-refractivity contribution in [2.24, 2.45) is 0 Å². The van der Waals surface area contributed by atoms with Gasteiger partial charge in [-0.2, -0.15) is 13.2 Å². The van der Waals surface area contributed by atoms with Crippen molar-refractivity contribution < 1.29 is 32.2 Å². The molecular formula is C24H28F3N3O4. The van der Waals surface area contributed by atoms with Gasteiger partial charge in [-0.1, -0.05) is 12.1 Å². The number of anilines is 2. The first-order valence-electron chi connectivity index (χ1n) is 10.7. The summed E-state index contributed by atoms with van der Waals surface area (Å²) in [5, 5.41) is 7.67. The molecule has 1 aliphatic heterocycles. The minimum absolute atomic E-state index is 0.348. The van der Waals surface area contributed by atoms with E-state index in [2.05, 4.69) is 16.0 Å². The summed E-state index contributed by atoms with van der Waals surface area (Å²) in [5.74, 6) is 0.493. The minimum Gasteiger partial charge on any atom is -0.487 e. The second-order valence-corrected chi connectivity index (χ2v) is 9.64. The van der Waals surface area contributed by atoms with Gasteiger partial charge in [-0.05, 0) is 65.0 Å². The Hall–Kier alpha value is -3.43. The van der Waals surface area contributed by atoms with Gasteiger partial charge in [-0.3, -0.25) is 5.32 Å². The van der Waals surface area contributed by atoms with Crippen molar-refractivity contribution in [1.29, 1.82) is 0 Å². The number of rotatable bonds is 3. The van der Waals surface area contributed by atoms with E-state index in [-0.39, 0.29) is 5.69 Å². The highest BCUT2D eigenvalue weighted by Crippen LogP contribution is 2.41. The van der Waals surface area contributed by atoms with Crippen molar-refractivity contribution in [1.82, 2.24) is 5.32 Å². The van der Waals surface area contributed by atoms with Crippen molar-refractivity contribution in [3.63, 3.8) is 0 Å². The molecule has 1 unspecified atom stereocenters. The molecule has 0 fully saturated rings. The standard InChI is InChI=1S/C24H28F3N3O4/c1-22(2,3)34-21(32)28-14-10-11-19-15(12-14)18(13-23(4,5)33-19)30-20(31)29-17-9-7-6-8-16(17)24(25,26)27/h6-12,18H,13H2,1-5H3,(H,28,32)(H2,29,30,31). The zero-order valence-electron chi connectivity index (χ0n) is 19.6. The quantitative estimate of drug-likeness (QED) is 0.470. The second kappa shape index (κ2) is 9.08. The number of alkyl halides is 3. The van der Waals surface area contributed by atoms with Crippen LogP contribution in [0.1, 0.15) is 58.2 Å². The first-order valence-corrected chi connectivity index (χ1v) is 10.7. The molecule has 7 nitrogen and oxygen atoms in total. The Labute approximate surface area is 196 Å². The van der Waals surface area contributed by atoms with Crippen LogP contribution < -0.4 is 20.7 Å². The average molecular weight is 479 g/mol. The van der Waals surface area contributed by atoms with E-state index < -0.39 is 41.1 Å². The van der Waals surface area contributed by atoms with Crippen molar-refractivity contribution in [2.45, 2.75) is 64.5 Å². The summed E-state index contributed by atoms with van der Waals surface area (Å²) in [6, 6.07) is 8.31. The van der Waals surface area contributed by atoms with Crippen LogP contribution >= 0.6 is 0 Å². The molecule has 0 aromatic heterocycles. The van der Waals surface area contributed by atoms with Crippen LogP contribution in [-0.2, 0) is 10.9 Å². The summed E-state index contributed by atoms with van der Waals surface area (Å²) >= 11 is 0. The number of nitrogens with one attached hydrogen (secondary N) is 3. The lowest BCUT2D eigenvalue weighted by molar-refractivity contribution is -0.136. The van der Waals surface area contributed by atoms with Crippen molar-refractivity contribution in [2.75, 3.05) is 10.6 Å². The maximum absolute atomic E-state index is 13.3. The van der Waals surface area contributed by atoms with Gasteiger partial charge in [0.25, 0.3) is 0 Å². The van der Waals surface area contributed by atoms with Crippen LogP contribution in [0.5, 0.6) is 5.75 Å². The third-order valence-electron chi connectivity index (χ3n) is 4.90. The fraction of sp³-hybridized carbons (Fsp3) is 0.417. The molecule has 10 heteroatoms. The number of para-hydroxylation sites is 1. The molecule has 0 aliphatic carbocycles. The molecule has 2 aromatic carbocycles. The summed E-state index contributed by atoms with van der Waals surface area (Å²) in [6.07, 6.45) is -4.90. The van der Waals surface area contributed by atoms with Crippen molar-refractivity contribution >= 4 is 23.5 Å². The lowest BCUT2D eigenvalue weighted by Gasteiger charge is -2.38. The third-order valence-corrected chi connectivity index (χ3v) is 4.90. The van der Waals surface area contributed by atoms with Crippen LogP contribution in [0.3, 0.4) is 0 Å². The highest BCUT2D eigenvalue weighted by molar-refractivity contribution is 5.90. The Balaban J connectivity index is 1.81. The number of carbonyl (C=O) groups excluding carboxylic acids is 2. The number of ether oxygens (including phenoxy) is 2. The summed E-state index contributed by atoms with van der Waals surface area (Å²) in [5.41, 5.74) is -1.62. The van der Waals surface area contributed by atoms with Gasteiger partial charge in [-0.25, -0.2) is 9.59 Å². The molecule has 34 heavy (non-hydrogen) atoms. The SMILES string of the molecule is CC(C)(C)OC(=O)Nc1ccc2c(c1)C(NC(=O)Nc1ccccc1C(F)(F)F)CC(C)(C)O2. The number of hydrogen-bond acceptors (Lipinski definition) is 4. The molecule has 1 heterocycles. The van der Waals surface area contributed by atoms with Gasteiger partial charge < -0.3 is 20.1 Å². The molecule has 1 aliphatic rings. The van der Waals surface area contributed by atoms with E-state index in [4.69, 9.17) is 9.47 Å². The highest BCUT2D eigenvalue weighted by atomic mass is 19.4. The molecule has 0 saturated carbocycles. The molecule has 0 radical (unpaired) electrons. The zero-order valence-corrected chi connectivity index (χ0v) is 19.6. The Kier molecular flexibility index (Phi) is 6.73. The van der Waals surface area contributed by atoms with Gasteiger partial charge in [0.05, 0.1) is 17.3 Å². The van der Waals surface area contributed by atoms with Crippen LogP contribution in [0.4, 0.5) is 34.1 Å². The Bertz CT molecular complexity index is 1080. The zero-order chi connectivity index (χ0) is 25.3. The predicted octanol–water partition coefficient (Wildman–Crippen LogP) is 6.48. The molecule has 0 bridgehead atoms. The number of halogens is 3. The Morgan fingerprint density at radius 1 is 1.06 bits per heavy atom.